The lowest BCUT2D eigenvalue weighted by atomic mass is 10.0. The summed E-state index contributed by atoms with van der Waals surface area (Å²) in [6, 6.07) is -4.67. The molecule has 0 spiro atoms. The second-order valence-electron chi connectivity index (χ2n) is 6.94. The van der Waals surface area contributed by atoms with E-state index in [4.69, 9.17) is 5.73 Å². The smallest absolute Gasteiger partial charge is 0.326 e. The van der Waals surface area contributed by atoms with E-state index >= 15 is 0 Å². The fourth-order valence-electron chi connectivity index (χ4n) is 2.42. The van der Waals surface area contributed by atoms with Crippen molar-refractivity contribution >= 4 is 36.3 Å². The van der Waals surface area contributed by atoms with E-state index in [-0.39, 0.29) is 12.2 Å². The van der Waals surface area contributed by atoms with Crippen LogP contribution in [0.5, 0.6) is 0 Å². The number of aliphatic hydroxyl groups is 1. The number of nitrogens with one attached hydrogen (secondary N) is 4. The van der Waals surface area contributed by atoms with Crippen LogP contribution < -0.4 is 21.7 Å². The van der Waals surface area contributed by atoms with Gasteiger partial charge in [-0.1, -0.05) is 13.8 Å². The van der Waals surface area contributed by atoms with Gasteiger partial charge in [-0.3, -0.25) is 14.4 Å². The first kappa shape index (κ1) is 25.4. The molecule has 1 rings (SSSR count). The number of thiol groups is 1. The van der Waals surface area contributed by atoms with Crippen LogP contribution in [0.4, 0.5) is 0 Å². The van der Waals surface area contributed by atoms with Gasteiger partial charge in [-0.2, -0.15) is 12.6 Å². The van der Waals surface area contributed by atoms with Gasteiger partial charge in [-0.25, -0.2) is 9.78 Å². The molecule has 4 unspecified atom stereocenters. The van der Waals surface area contributed by atoms with E-state index in [0.717, 1.165) is 0 Å². The fraction of sp³-hybridized carbons (Fsp3) is 0.588. The van der Waals surface area contributed by atoms with E-state index < -0.39 is 60.4 Å². The highest BCUT2D eigenvalue weighted by atomic mass is 32.1. The molecule has 1 heterocycles. The number of carboxylic acids is 1. The average molecular weight is 445 g/mol. The number of rotatable bonds is 12. The number of carbonyl (C=O) groups excluding carboxylic acids is 3. The number of H-pyrrole nitrogens is 1. The third-order valence-corrected chi connectivity index (χ3v) is 4.58. The minimum absolute atomic E-state index is 0.0310. The molecular weight excluding hydrogens is 416 g/mol. The molecule has 0 saturated carbocycles. The molecule has 0 aliphatic heterocycles. The van der Waals surface area contributed by atoms with Crippen molar-refractivity contribution in [3.8, 4) is 0 Å². The van der Waals surface area contributed by atoms with Crippen LogP contribution >= 0.6 is 12.6 Å². The van der Waals surface area contributed by atoms with Crippen molar-refractivity contribution in [1.29, 1.82) is 0 Å². The summed E-state index contributed by atoms with van der Waals surface area (Å²) < 4.78 is 0. The molecule has 12 nitrogen and oxygen atoms in total. The number of nitrogens with two attached hydrogens (primary N) is 1. The molecule has 4 atom stereocenters. The molecule has 13 heteroatoms. The minimum atomic E-state index is -1.34. The molecule has 3 amide bonds. The molecule has 30 heavy (non-hydrogen) atoms. The number of aromatic nitrogens is 2. The minimum Gasteiger partial charge on any atom is -0.480 e. The van der Waals surface area contributed by atoms with Gasteiger partial charge in [0.15, 0.2) is 0 Å². The molecular formula is C17H28N6O6S. The fourth-order valence-corrected chi connectivity index (χ4v) is 2.59. The molecule has 0 bridgehead atoms. The molecule has 0 aliphatic carbocycles. The third kappa shape index (κ3) is 7.65. The number of imidazole rings is 1. The Morgan fingerprint density at radius 3 is 2.23 bits per heavy atom. The maximum atomic E-state index is 12.7. The summed E-state index contributed by atoms with van der Waals surface area (Å²) in [6.07, 6.45) is 2.79. The maximum absolute atomic E-state index is 12.7. The lowest BCUT2D eigenvalue weighted by Gasteiger charge is -2.26. The van der Waals surface area contributed by atoms with Crippen LogP contribution in [0.3, 0.4) is 0 Å². The monoisotopic (exact) mass is 444 g/mol. The Bertz CT molecular complexity index is 728. The second-order valence-corrected chi connectivity index (χ2v) is 7.31. The molecule has 0 fully saturated rings. The molecule has 0 radical (unpaired) electrons. The van der Waals surface area contributed by atoms with E-state index in [1.54, 1.807) is 13.8 Å². The lowest BCUT2D eigenvalue weighted by Crippen LogP contribution is -2.59. The van der Waals surface area contributed by atoms with Crippen molar-refractivity contribution in [2.75, 3.05) is 12.4 Å². The highest BCUT2D eigenvalue weighted by molar-refractivity contribution is 7.80. The van der Waals surface area contributed by atoms with Crippen LogP contribution in [0.25, 0.3) is 0 Å². The van der Waals surface area contributed by atoms with Gasteiger partial charge < -0.3 is 36.9 Å². The molecule has 0 aliphatic rings. The Balaban J connectivity index is 2.83. The number of nitrogens with zero attached hydrogens (tertiary/aromatic N) is 1. The van der Waals surface area contributed by atoms with Gasteiger partial charge in [0.2, 0.25) is 17.7 Å². The SMILES string of the molecule is CC(C)C(NC(=O)C(CO)NC(=O)C(N)CS)C(=O)NC(Cc1cnc[nH]1)C(=O)O. The number of aliphatic carboxylic acids is 1. The number of aliphatic hydroxyl groups excluding tert-OH is 1. The quantitative estimate of drug-likeness (QED) is 0.160. The lowest BCUT2D eigenvalue weighted by molar-refractivity contribution is -0.142. The number of hydrogen-bond acceptors (Lipinski definition) is 8. The van der Waals surface area contributed by atoms with Crippen molar-refractivity contribution in [1.82, 2.24) is 25.9 Å². The van der Waals surface area contributed by atoms with Crippen LogP contribution in [-0.4, -0.2) is 80.4 Å². The predicted octanol–water partition coefficient (Wildman–Crippen LogP) is -2.60. The Hall–Kier alpha value is -2.64. The zero-order chi connectivity index (χ0) is 22.8. The third-order valence-electron chi connectivity index (χ3n) is 4.19. The Labute approximate surface area is 178 Å². The normalized spacial score (nSPS) is 15.0. The van der Waals surface area contributed by atoms with Crippen LogP contribution in [0.2, 0.25) is 0 Å². The van der Waals surface area contributed by atoms with E-state index in [2.05, 4.69) is 38.5 Å². The second kappa shape index (κ2) is 12.1. The summed E-state index contributed by atoms with van der Waals surface area (Å²) in [4.78, 5) is 55.0. The summed E-state index contributed by atoms with van der Waals surface area (Å²) >= 11 is 3.89. The molecule has 8 N–H and O–H groups in total. The molecule has 1 aromatic heterocycles. The summed E-state index contributed by atoms with van der Waals surface area (Å²) in [6.45, 7) is 2.58. The molecule has 0 saturated heterocycles. The number of hydrogen-bond donors (Lipinski definition) is 8. The number of amides is 3. The standard InChI is InChI=1S/C17H28N6O6S/c1-8(2)13(23-15(26)12(5-24)22-14(25)10(18)6-30)16(27)21-11(17(28)29)3-9-4-19-7-20-9/h4,7-8,10-13,24,30H,3,5-6,18H2,1-2H3,(H,19,20)(H,21,27)(H,22,25)(H,23,26)(H,28,29). The number of aromatic amines is 1. The highest BCUT2D eigenvalue weighted by Crippen LogP contribution is 2.06. The Kier molecular flexibility index (Phi) is 10.3. The van der Waals surface area contributed by atoms with Gasteiger partial charge in [0.25, 0.3) is 0 Å². The van der Waals surface area contributed by atoms with Crippen molar-refractivity contribution in [3.63, 3.8) is 0 Å². The van der Waals surface area contributed by atoms with Crippen molar-refractivity contribution in [3.05, 3.63) is 18.2 Å². The van der Waals surface area contributed by atoms with Crippen molar-refractivity contribution in [2.45, 2.75) is 44.4 Å². The Morgan fingerprint density at radius 1 is 1.13 bits per heavy atom. The molecule has 168 valence electrons. The van der Waals surface area contributed by atoms with E-state index in [0.29, 0.717) is 5.69 Å². The highest BCUT2D eigenvalue weighted by Gasteiger charge is 2.31. The van der Waals surface area contributed by atoms with Gasteiger partial charge in [-0.05, 0) is 5.92 Å². The van der Waals surface area contributed by atoms with Crippen LogP contribution in [-0.2, 0) is 25.6 Å². The molecule has 1 aromatic rings. The first-order valence-electron chi connectivity index (χ1n) is 9.19. The summed E-state index contributed by atoms with van der Waals surface area (Å²) in [5.74, 6) is -3.85. The summed E-state index contributed by atoms with van der Waals surface area (Å²) in [7, 11) is 0. The number of carbonyl (C=O) groups is 4. The van der Waals surface area contributed by atoms with E-state index in [1.807, 2.05) is 0 Å². The van der Waals surface area contributed by atoms with E-state index in [1.165, 1.54) is 12.5 Å². The van der Waals surface area contributed by atoms with E-state index in [9.17, 15) is 29.4 Å². The van der Waals surface area contributed by atoms with Crippen LogP contribution in [0, 0.1) is 5.92 Å². The van der Waals surface area contributed by atoms with Crippen molar-refractivity contribution < 1.29 is 29.4 Å². The predicted molar refractivity (Wildman–Crippen MR) is 109 cm³/mol. The van der Waals surface area contributed by atoms with Gasteiger partial charge in [0.05, 0.1) is 19.0 Å². The zero-order valence-electron chi connectivity index (χ0n) is 16.7. The van der Waals surface area contributed by atoms with Crippen LogP contribution in [0.15, 0.2) is 12.5 Å². The average Bonchev–Trinajstić information content (AvgIpc) is 3.21. The first-order valence-corrected chi connectivity index (χ1v) is 9.82. The van der Waals surface area contributed by atoms with Gasteiger partial charge >= 0.3 is 5.97 Å². The van der Waals surface area contributed by atoms with Gasteiger partial charge in [-0.15, -0.1) is 0 Å². The summed E-state index contributed by atoms with van der Waals surface area (Å²) in [5.41, 5.74) is 6.04. The number of carboxylic acid groups (broad SMARTS) is 1. The van der Waals surface area contributed by atoms with Crippen molar-refractivity contribution in [2.24, 2.45) is 11.7 Å². The first-order chi connectivity index (χ1) is 14.1. The molecule has 0 aromatic carbocycles. The maximum Gasteiger partial charge on any atom is 0.326 e. The summed E-state index contributed by atoms with van der Waals surface area (Å²) in [5, 5.41) is 25.9. The van der Waals surface area contributed by atoms with Gasteiger partial charge in [0, 0.05) is 24.1 Å². The van der Waals surface area contributed by atoms with Crippen LogP contribution in [0.1, 0.15) is 19.5 Å². The zero-order valence-corrected chi connectivity index (χ0v) is 17.6. The largest absolute Gasteiger partial charge is 0.480 e. The topological polar surface area (TPSA) is 200 Å². The Morgan fingerprint density at radius 2 is 1.77 bits per heavy atom. The van der Waals surface area contributed by atoms with Gasteiger partial charge in [0.1, 0.15) is 18.1 Å².